The first kappa shape index (κ1) is 23.2. The summed E-state index contributed by atoms with van der Waals surface area (Å²) in [6.07, 6.45) is -8.13. The Labute approximate surface area is 169 Å². The summed E-state index contributed by atoms with van der Waals surface area (Å²) >= 11 is 0. The summed E-state index contributed by atoms with van der Waals surface area (Å²) < 4.78 is 76.9. The first-order valence-electron chi connectivity index (χ1n) is 9.04. The van der Waals surface area contributed by atoms with Crippen molar-refractivity contribution in [3.63, 3.8) is 0 Å². The molecule has 0 aliphatic carbocycles. The van der Waals surface area contributed by atoms with Gasteiger partial charge in [0.2, 0.25) is 0 Å². The van der Waals surface area contributed by atoms with E-state index < -0.39 is 23.5 Å². The fourth-order valence-electron chi connectivity index (χ4n) is 2.49. The number of alkyl halides is 6. The number of rotatable bonds is 7. The predicted octanol–water partition coefficient (Wildman–Crippen LogP) is 6.78. The molecule has 0 radical (unpaired) electrons. The van der Waals surface area contributed by atoms with E-state index in [1.165, 1.54) is 24.3 Å². The van der Waals surface area contributed by atoms with Crippen molar-refractivity contribution in [2.24, 2.45) is 10.2 Å². The summed E-state index contributed by atoms with van der Waals surface area (Å²) in [4.78, 5) is 0. The Hall–Kier alpha value is -3.04. The second kappa shape index (κ2) is 9.64. The van der Waals surface area contributed by atoms with Crippen LogP contribution in [0.3, 0.4) is 0 Å². The second-order valence-corrected chi connectivity index (χ2v) is 6.20. The highest BCUT2D eigenvalue weighted by Crippen LogP contribution is 2.31. The number of hydrazone groups is 2. The number of anilines is 2. The second-order valence-electron chi connectivity index (χ2n) is 6.20. The molecule has 0 bridgehead atoms. The molecule has 0 spiro atoms. The molecule has 0 aromatic heterocycles. The highest BCUT2D eigenvalue weighted by Gasteiger charge is 2.31. The maximum Gasteiger partial charge on any atom is 0.416 e. The molecular weight excluding hydrogens is 410 g/mol. The molecule has 0 aliphatic rings. The molecule has 0 atom stereocenters. The molecule has 2 rings (SSSR count). The van der Waals surface area contributed by atoms with Gasteiger partial charge in [-0.15, -0.1) is 0 Å². The van der Waals surface area contributed by atoms with E-state index in [-0.39, 0.29) is 11.4 Å². The first-order valence-corrected chi connectivity index (χ1v) is 9.04. The molecule has 30 heavy (non-hydrogen) atoms. The molecule has 0 saturated heterocycles. The quantitative estimate of drug-likeness (QED) is 0.289. The van der Waals surface area contributed by atoms with E-state index in [0.29, 0.717) is 24.3 Å². The Balaban J connectivity index is 2.19. The zero-order valence-corrected chi connectivity index (χ0v) is 16.2. The minimum Gasteiger partial charge on any atom is -0.278 e. The zero-order chi connectivity index (χ0) is 22.4. The summed E-state index contributed by atoms with van der Waals surface area (Å²) in [7, 11) is 0. The molecule has 4 nitrogen and oxygen atoms in total. The Morgan fingerprint density at radius 1 is 0.700 bits per heavy atom. The highest BCUT2D eigenvalue weighted by molar-refractivity contribution is 6.42. The van der Waals surface area contributed by atoms with Crippen molar-refractivity contribution >= 4 is 22.8 Å². The van der Waals surface area contributed by atoms with E-state index in [2.05, 4.69) is 21.1 Å². The maximum absolute atomic E-state index is 12.8. The van der Waals surface area contributed by atoms with Gasteiger partial charge in [-0.2, -0.15) is 36.5 Å². The molecule has 2 aromatic rings. The van der Waals surface area contributed by atoms with Gasteiger partial charge in [-0.05, 0) is 49.2 Å². The molecular formula is C20H20F6N4. The predicted molar refractivity (Wildman–Crippen MR) is 106 cm³/mol. The Morgan fingerprint density at radius 2 is 1.07 bits per heavy atom. The number of nitrogens with zero attached hydrogens (tertiary/aromatic N) is 2. The van der Waals surface area contributed by atoms with E-state index in [0.717, 1.165) is 24.3 Å². The molecule has 0 aliphatic heterocycles. The molecule has 162 valence electrons. The van der Waals surface area contributed by atoms with Crippen LogP contribution in [-0.4, -0.2) is 11.4 Å². The lowest BCUT2D eigenvalue weighted by atomic mass is 10.1. The van der Waals surface area contributed by atoms with E-state index in [9.17, 15) is 26.3 Å². The molecule has 2 N–H and O–H groups in total. The molecule has 0 fully saturated rings. The van der Waals surface area contributed by atoms with Crippen molar-refractivity contribution in [3.05, 3.63) is 59.7 Å². The van der Waals surface area contributed by atoms with Crippen LogP contribution in [0, 0.1) is 0 Å². The Kier molecular flexibility index (Phi) is 7.47. The summed E-state index contributed by atoms with van der Waals surface area (Å²) in [6.45, 7) is 3.56. The van der Waals surface area contributed by atoms with Crippen molar-refractivity contribution < 1.29 is 26.3 Å². The van der Waals surface area contributed by atoms with Crippen LogP contribution in [-0.2, 0) is 12.4 Å². The van der Waals surface area contributed by atoms with Crippen molar-refractivity contribution in [2.45, 2.75) is 39.0 Å². The fraction of sp³-hybridized carbons (Fsp3) is 0.300. The van der Waals surface area contributed by atoms with Gasteiger partial charge in [0, 0.05) is 0 Å². The number of hydrogen-bond donors (Lipinski definition) is 2. The average molecular weight is 430 g/mol. The lowest BCUT2D eigenvalue weighted by molar-refractivity contribution is -0.138. The largest absolute Gasteiger partial charge is 0.416 e. The molecule has 0 amide bonds. The van der Waals surface area contributed by atoms with Crippen molar-refractivity contribution in [1.29, 1.82) is 0 Å². The smallest absolute Gasteiger partial charge is 0.278 e. The minimum absolute atomic E-state index is 0.150. The Morgan fingerprint density at radius 3 is 1.37 bits per heavy atom. The van der Waals surface area contributed by atoms with Gasteiger partial charge in [0.05, 0.1) is 33.9 Å². The summed E-state index contributed by atoms with van der Waals surface area (Å²) in [5.74, 6) is 0. The van der Waals surface area contributed by atoms with Crippen LogP contribution in [0.1, 0.15) is 37.8 Å². The van der Waals surface area contributed by atoms with Gasteiger partial charge in [-0.25, -0.2) is 0 Å². The third-order valence-electron chi connectivity index (χ3n) is 4.02. The highest BCUT2D eigenvalue weighted by atomic mass is 19.4. The average Bonchev–Trinajstić information content (AvgIpc) is 2.69. The van der Waals surface area contributed by atoms with Gasteiger partial charge in [-0.3, -0.25) is 10.9 Å². The maximum atomic E-state index is 12.8. The molecule has 0 heterocycles. The van der Waals surface area contributed by atoms with Gasteiger partial charge >= 0.3 is 12.4 Å². The first-order chi connectivity index (χ1) is 14.0. The van der Waals surface area contributed by atoms with Gasteiger partial charge in [0.1, 0.15) is 0 Å². The van der Waals surface area contributed by atoms with Gasteiger partial charge in [-0.1, -0.05) is 26.0 Å². The normalized spacial score (nSPS) is 13.3. The third-order valence-corrected chi connectivity index (χ3v) is 4.02. The summed E-state index contributed by atoms with van der Waals surface area (Å²) in [6, 6.07) is 9.17. The standard InChI is InChI=1S/C20H20F6N4/c1-3-17(29-27-15-9-5-7-13(11-15)19(21,22)23)18(4-2)30-28-16-10-6-8-14(12-16)20(24,25)26/h5-12,27-28H,3-4H2,1-2H3/b29-17-,30-18-. The Bertz CT molecular complexity index is 840. The number of nitrogens with one attached hydrogen (secondary N) is 2. The monoisotopic (exact) mass is 430 g/mol. The van der Waals surface area contributed by atoms with Crippen LogP contribution in [0.2, 0.25) is 0 Å². The molecule has 0 saturated carbocycles. The van der Waals surface area contributed by atoms with Gasteiger partial charge in [0.25, 0.3) is 0 Å². The van der Waals surface area contributed by atoms with Crippen LogP contribution in [0.5, 0.6) is 0 Å². The van der Waals surface area contributed by atoms with Crippen LogP contribution < -0.4 is 10.9 Å². The van der Waals surface area contributed by atoms with E-state index in [1.807, 2.05) is 0 Å². The number of benzene rings is 2. The number of halogens is 6. The molecule has 2 aromatic carbocycles. The molecule has 10 heteroatoms. The van der Waals surface area contributed by atoms with E-state index in [1.54, 1.807) is 13.8 Å². The van der Waals surface area contributed by atoms with Crippen LogP contribution in [0.4, 0.5) is 37.7 Å². The fourth-order valence-corrected chi connectivity index (χ4v) is 2.49. The lowest BCUT2D eigenvalue weighted by Gasteiger charge is -2.11. The van der Waals surface area contributed by atoms with Crippen LogP contribution >= 0.6 is 0 Å². The zero-order valence-electron chi connectivity index (χ0n) is 16.2. The van der Waals surface area contributed by atoms with Gasteiger partial charge < -0.3 is 0 Å². The molecule has 0 unspecified atom stereocenters. The number of hydrogen-bond acceptors (Lipinski definition) is 4. The summed E-state index contributed by atoms with van der Waals surface area (Å²) in [5.41, 5.74) is 4.75. The minimum atomic E-state index is -4.47. The lowest BCUT2D eigenvalue weighted by Crippen LogP contribution is -2.16. The van der Waals surface area contributed by atoms with Gasteiger partial charge in [0.15, 0.2) is 0 Å². The van der Waals surface area contributed by atoms with E-state index in [4.69, 9.17) is 0 Å². The van der Waals surface area contributed by atoms with E-state index >= 15 is 0 Å². The van der Waals surface area contributed by atoms with Crippen molar-refractivity contribution in [2.75, 3.05) is 10.9 Å². The van der Waals surface area contributed by atoms with Crippen molar-refractivity contribution in [1.82, 2.24) is 0 Å². The van der Waals surface area contributed by atoms with Crippen molar-refractivity contribution in [3.8, 4) is 0 Å². The summed E-state index contributed by atoms with van der Waals surface area (Å²) in [5, 5.41) is 8.25. The third kappa shape index (κ3) is 6.50. The topological polar surface area (TPSA) is 48.8 Å². The van der Waals surface area contributed by atoms with Crippen LogP contribution in [0.15, 0.2) is 58.7 Å². The SMILES string of the molecule is CCC(=N/Nc1cccc(C(F)(F)F)c1)/C(CC)=N\Nc1cccc(C(F)(F)F)c1. The van der Waals surface area contributed by atoms with Crippen LogP contribution in [0.25, 0.3) is 0 Å².